The highest BCUT2D eigenvalue weighted by atomic mass is 16.5. The van der Waals surface area contributed by atoms with Crippen LogP contribution in [0.25, 0.3) is 11.4 Å². The standard InChI is InChI=1S/C19H22N6O2/c1-14(11-16-13-21-9-10-22-16)25(2)18(26)7-3-6-17-23-19(24-27-17)15-5-4-8-20-12-15/h4-5,8-10,12-14H,3,6-7,11H2,1-2H3/t14-/m0/s1. The minimum Gasteiger partial charge on any atom is -0.343 e. The minimum atomic E-state index is 0.0507. The van der Waals surface area contributed by atoms with Gasteiger partial charge >= 0.3 is 0 Å². The fourth-order valence-electron chi connectivity index (χ4n) is 2.66. The number of pyridine rings is 1. The van der Waals surface area contributed by atoms with Gasteiger partial charge in [-0.2, -0.15) is 4.98 Å². The van der Waals surface area contributed by atoms with Crippen LogP contribution < -0.4 is 0 Å². The SMILES string of the molecule is C[C@@H](Cc1cnccn1)N(C)C(=O)CCCc1nc(-c2cccnc2)no1. The molecule has 0 spiro atoms. The monoisotopic (exact) mass is 366 g/mol. The van der Waals surface area contributed by atoms with Crippen molar-refractivity contribution in [2.24, 2.45) is 0 Å². The van der Waals surface area contributed by atoms with Crippen LogP contribution in [0.1, 0.15) is 31.4 Å². The zero-order valence-corrected chi connectivity index (χ0v) is 15.4. The molecule has 1 atom stereocenters. The van der Waals surface area contributed by atoms with Crippen LogP contribution in [-0.4, -0.2) is 49.0 Å². The molecule has 0 aromatic carbocycles. The lowest BCUT2D eigenvalue weighted by Crippen LogP contribution is -2.36. The summed E-state index contributed by atoms with van der Waals surface area (Å²) in [4.78, 5) is 30.9. The summed E-state index contributed by atoms with van der Waals surface area (Å²) in [6.07, 6.45) is 10.7. The van der Waals surface area contributed by atoms with Crippen molar-refractivity contribution in [3.63, 3.8) is 0 Å². The molecular weight excluding hydrogens is 344 g/mol. The Bertz CT molecular complexity index is 853. The molecule has 8 heteroatoms. The summed E-state index contributed by atoms with van der Waals surface area (Å²) < 4.78 is 5.26. The first kappa shape index (κ1) is 18.6. The van der Waals surface area contributed by atoms with Crippen molar-refractivity contribution in [3.05, 3.63) is 54.7 Å². The Morgan fingerprint density at radius 3 is 2.81 bits per heavy atom. The molecule has 0 aliphatic carbocycles. The van der Waals surface area contributed by atoms with Crippen molar-refractivity contribution < 1.29 is 9.32 Å². The van der Waals surface area contributed by atoms with Crippen molar-refractivity contribution in [1.29, 1.82) is 0 Å². The Kier molecular flexibility index (Phi) is 6.19. The number of hydrogen-bond acceptors (Lipinski definition) is 7. The second-order valence-electron chi connectivity index (χ2n) is 6.36. The van der Waals surface area contributed by atoms with E-state index in [4.69, 9.17) is 4.52 Å². The zero-order chi connectivity index (χ0) is 19.1. The van der Waals surface area contributed by atoms with E-state index in [1.54, 1.807) is 35.9 Å². The largest absolute Gasteiger partial charge is 0.343 e. The molecule has 3 heterocycles. The summed E-state index contributed by atoms with van der Waals surface area (Å²) in [6, 6.07) is 3.75. The van der Waals surface area contributed by atoms with Crippen LogP contribution in [0.15, 0.2) is 47.6 Å². The Morgan fingerprint density at radius 2 is 2.07 bits per heavy atom. The van der Waals surface area contributed by atoms with Crippen LogP contribution in [0, 0.1) is 0 Å². The smallest absolute Gasteiger partial charge is 0.226 e. The zero-order valence-electron chi connectivity index (χ0n) is 15.4. The molecule has 0 saturated carbocycles. The predicted octanol–water partition coefficient (Wildman–Crippen LogP) is 2.33. The van der Waals surface area contributed by atoms with Crippen molar-refractivity contribution in [2.75, 3.05) is 7.05 Å². The highest BCUT2D eigenvalue weighted by molar-refractivity contribution is 5.76. The molecule has 0 unspecified atom stereocenters. The van der Waals surface area contributed by atoms with E-state index in [0.717, 1.165) is 11.3 Å². The number of aromatic nitrogens is 5. The normalized spacial score (nSPS) is 11.9. The number of hydrogen-bond donors (Lipinski definition) is 0. The Labute approximate surface area is 157 Å². The summed E-state index contributed by atoms with van der Waals surface area (Å²) >= 11 is 0. The summed E-state index contributed by atoms with van der Waals surface area (Å²) in [5.41, 5.74) is 1.68. The lowest BCUT2D eigenvalue weighted by atomic mass is 10.1. The average Bonchev–Trinajstić information content (AvgIpc) is 3.17. The van der Waals surface area contributed by atoms with Crippen LogP contribution in [0.3, 0.4) is 0 Å². The van der Waals surface area contributed by atoms with E-state index >= 15 is 0 Å². The molecule has 0 radical (unpaired) electrons. The minimum absolute atomic E-state index is 0.0507. The van der Waals surface area contributed by atoms with E-state index in [9.17, 15) is 4.79 Å². The van der Waals surface area contributed by atoms with E-state index in [1.165, 1.54) is 0 Å². The highest BCUT2D eigenvalue weighted by Gasteiger charge is 2.17. The summed E-state index contributed by atoms with van der Waals surface area (Å²) in [5.74, 6) is 1.12. The van der Waals surface area contributed by atoms with E-state index < -0.39 is 0 Å². The Balaban J connectivity index is 1.46. The van der Waals surface area contributed by atoms with Crippen LogP contribution in [-0.2, 0) is 17.6 Å². The molecule has 140 valence electrons. The first-order chi connectivity index (χ1) is 13.1. The van der Waals surface area contributed by atoms with Gasteiger partial charge in [0.05, 0.1) is 5.69 Å². The van der Waals surface area contributed by atoms with Gasteiger partial charge in [0.1, 0.15) is 0 Å². The van der Waals surface area contributed by atoms with E-state index in [-0.39, 0.29) is 11.9 Å². The third-order valence-corrected chi connectivity index (χ3v) is 4.34. The molecular formula is C19H22N6O2. The topological polar surface area (TPSA) is 97.9 Å². The van der Waals surface area contributed by atoms with Gasteiger partial charge in [-0.15, -0.1) is 0 Å². The summed E-state index contributed by atoms with van der Waals surface area (Å²) in [7, 11) is 1.82. The lowest BCUT2D eigenvalue weighted by molar-refractivity contribution is -0.131. The van der Waals surface area contributed by atoms with Crippen LogP contribution in [0.4, 0.5) is 0 Å². The number of amides is 1. The van der Waals surface area contributed by atoms with E-state index in [2.05, 4.69) is 25.1 Å². The third kappa shape index (κ3) is 5.16. The van der Waals surface area contributed by atoms with Gasteiger partial charge in [0.2, 0.25) is 17.6 Å². The van der Waals surface area contributed by atoms with Gasteiger partial charge in [0, 0.05) is 68.9 Å². The van der Waals surface area contributed by atoms with Crippen LogP contribution >= 0.6 is 0 Å². The van der Waals surface area contributed by atoms with Gasteiger partial charge < -0.3 is 9.42 Å². The number of rotatable bonds is 8. The maximum Gasteiger partial charge on any atom is 0.226 e. The maximum absolute atomic E-state index is 12.4. The fourth-order valence-corrected chi connectivity index (χ4v) is 2.66. The van der Waals surface area contributed by atoms with Crippen molar-refractivity contribution in [2.45, 2.75) is 38.6 Å². The average molecular weight is 366 g/mol. The van der Waals surface area contributed by atoms with Gasteiger partial charge in [-0.25, -0.2) is 0 Å². The van der Waals surface area contributed by atoms with Crippen LogP contribution in [0.5, 0.6) is 0 Å². The van der Waals surface area contributed by atoms with Gasteiger partial charge in [-0.05, 0) is 25.5 Å². The third-order valence-electron chi connectivity index (χ3n) is 4.34. The molecule has 0 saturated heterocycles. The molecule has 3 aromatic heterocycles. The van der Waals surface area contributed by atoms with Gasteiger partial charge in [-0.3, -0.25) is 19.7 Å². The lowest BCUT2D eigenvalue weighted by Gasteiger charge is -2.24. The van der Waals surface area contributed by atoms with Crippen molar-refractivity contribution in [1.82, 2.24) is 30.0 Å². The Hall–Kier alpha value is -3.16. The second-order valence-corrected chi connectivity index (χ2v) is 6.36. The number of aryl methyl sites for hydroxylation is 1. The van der Waals surface area contributed by atoms with Gasteiger partial charge in [0.25, 0.3) is 0 Å². The Morgan fingerprint density at radius 1 is 1.22 bits per heavy atom. The summed E-state index contributed by atoms with van der Waals surface area (Å²) in [6.45, 7) is 2.00. The van der Waals surface area contributed by atoms with Crippen molar-refractivity contribution in [3.8, 4) is 11.4 Å². The second kappa shape index (κ2) is 8.98. The molecule has 3 rings (SSSR count). The molecule has 27 heavy (non-hydrogen) atoms. The molecule has 0 N–H and O–H groups in total. The molecule has 0 aliphatic rings. The van der Waals surface area contributed by atoms with Gasteiger partial charge in [-0.1, -0.05) is 5.16 Å². The molecule has 1 amide bonds. The molecule has 3 aromatic rings. The van der Waals surface area contributed by atoms with Gasteiger partial charge in [0.15, 0.2) is 0 Å². The fraction of sp³-hybridized carbons (Fsp3) is 0.368. The number of carbonyl (C=O) groups excluding carboxylic acids is 1. The summed E-state index contributed by atoms with van der Waals surface area (Å²) in [5, 5.41) is 3.96. The number of likely N-dealkylation sites (N-methyl/N-ethyl adjacent to an activating group) is 1. The number of nitrogens with zero attached hydrogens (tertiary/aromatic N) is 6. The van der Waals surface area contributed by atoms with E-state index in [0.29, 0.717) is 37.4 Å². The van der Waals surface area contributed by atoms with E-state index in [1.807, 2.05) is 26.1 Å². The predicted molar refractivity (Wildman–Crippen MR) is 98.4 cm³/mol. The maximum atomic E-state index is 12.4. The number of carbonyl (C=O) groups is 1. The highest BCUT2D eigenvalue weighted by Crippen LogP contribution is 2.15. The molecule has 8 nitrogen and oxygen atoms in total. The van der Waals surface area contributed by atoms with Crippen LogP contribution in [0.2, 0.25) is 0 Å². The van der Waals surface area contributed by atoms with Crippen molar-refractivity contribution >= 4 is 5.91 Å². The molecule has 0 fully saturated rings. The first-order valence-corrected chi connectivity index (χ1v) is 8.87. The molecule has 0 bridgehead atoms. The molecule has 0 aliphatic heterocycles. The quantitative estimate of drug-likeness (QED) is 0.603. The first-order valence-electron chi connectivity index (χ1n) is 8.87.